The highest BCUT2D eigenvalue weighted by Gasteiger charge is 2.18. The van der Waals surface area contributed by atoms with Crippen LogP contribution in [0.15, 0.2) is 23.1 Å². The minimum atomic E-state index is -3.37. The molecule has 0 unspecified atom stereocenters. The molecule has 0 heterocycles. The van der Waals surface area contributed by atoms with Crippen LogP contribution in [0.4, 0.5) is 0 Å². The summed E-state index contributed by atoms with van der Waals surface area (Å²) in [5.41, 5.74) is 0. The third-order valence-electron chi connectivity index (χ3n) is 2.37. The van der Waals surface area contributed by atoms with Crippen molar-refractivity contribution in [1.82, 2.24) is 5.32 Å². The maximum absolute atomic E-state index is 12.1. The predicted molar refractivity (Wildman–Crippen MR) is 76.3 cm³/mol. The highest BCUT2D eigenvalue weighted by molar-refractivity contribution is 7.91. The van der Waals surface area contributed by atoms with Gasteiger partial charge in [-0.15, -0.1) is 0 Å². The van der Waals surface area contributed by atoms with Gasteiger partial charge in [0.1, 0.15) is 0 Å². The molecule has 0 amide bonds. The first-order chi connectivity index (χ1) is 8.33. The molecule has 1 aromatic rings. The highest BCUT2D eigenvalue weighted by atomic mass is 35.5. The molecule has 0 saturated heterocycles. The summed E-state index contributed by atoms with van der Waals surface area (Å²) in [6.45, 7) is 4.69. The Bertz CT molecular complexity index is 501. The van der Waals surface area contributed by atoms with E-state index in [1.165, 1.54) is 12.1 Å². The Kier molecular flexibility index (Phi) is 5.92. The van der Waals surface area contributed by atoms with Crippen molar-refractivity contribution < 1.29 is 8.42 Å². The second-order valence-electron chi connectivity index (χ2n) is 4.36. The summed E-state index contributed by atoms with van der Waals surface area (Å²) in [5, 5.41) is 3.76. The SMILES string of the molecule is CC(C)NCCCS(=O)(=O)c1cc(Cl)ccc1Cl. The first kappa shape index (κ1) is 15.8. The Morgan fingerprint density at radius 3 is 2.56 bits per heavy atom. The second kappa shape index (κ2) is 6.75. The molecule has 0 aliphatic heterocycles. The first-order valence-electron chi connectivity index (χ1n) is 5.74. The van der Waals surface area contributed by atoms with Gasteiger partial charge in [0.05, 0.1) is 15.7 Å². The average molecular weight is 310 g/mol. The molecule has 0 aliphatic carbocycles. The molecule has 3 nitrogen and oxygen atoms in total. The lowest BCUT2D eigenvalue weighted by molar-refractivity contribution is 0.568. The Morgan fingerprint density at radius 2 is 1.94 bits per heavy atom. The Morgan fingerprint density at radius 1 is 1.28 bits per heavy atom. The van der Waals surface area contributed by atoms with E-state index < -0.39 is 9.84 Å². The van der Waals surface area contributed by atoms with E-state index in [1.54, 1.807) is 6.07 Å². The van der Waals surface area contributed by atoms with Gasteiger partial charge in [0, 0.05) is 11.1 Å². The van der Waals surface area contributed by atoms with Crippen LogP contribution < -0.4 is 5.32 Å². The zero-order chi connectivity index (χ0) is 13.8. The van der Waals surface area contributed by atoms with E-state index in [2.05, 4.69) is 5.32 Å². The van der Waals surface area contributed by atoms with E-state index in [9.17, 15) is 8.42 Å². The normalized spacial score (nSPS) is 12.1. The van der Waals surface area contributed by atoms with E-state index in [4.69, 9.17) is 23.2 Å². The van der Waals surface area contributed by atoms with Gasteiger partial charge >= 0.3 is 0 Å². The molecule has 0 atom stereocenters. The molecule has 0 radical (unpaired) electrons. The average Bonchev–Trinajstić information content (AvgIpc) is 2.27. The van der Waals surface area contributed by atoms with E-state index in [0.29, 0.717) is 24.0 Å². The minimum Gasteiger partial charge on any atom is -0.314 e. The lowest BCUT2D eigenvalue weighted by atomic mass is 10.4. The van der Waals surface area contributed by atoms with E-state index in [1.807, 2.05) is 13.8 Å². The molecule has 0 aromatic heterocycles. The zero-order valence-electron chi connectivity index (χ0n) is 10.4. The third kappa shape index (κ3) is 4.76. The Hall–Kier alpha value is -0.290. The smallest absolute Gasteiger partial charge is 0.179 e. The molecule has 0 bridgehead atoms. The van der Waals surface area contributed by atoms with Crippen molar-refractivity contribution in [2.24, 2.45) is 0 Å². The van der Waals surface area contributed by atoms with Crippen molar-refractivity contribution >= 4 is 33.0 Å². The van der Waals surface area contributed by atoms with E-state index >= 15 is 0 Å². The predicted octanol–water partition coefficient (Wildman–Crippen LogP) is 3.16. The van der Waals surface area contributed by atoms with Crippen molar-refractivity contribution in [3.8, 4) is 0 Å². The van der Waals surface area contributed by atoms with E-state index in [0.717, 1.165) is 0 Å². The summed E-state index contributed by atoms with van der Waals surface area (Å²) in [7, 11) is -3.37. The molecule has 1 rings (SSSR count). The van der Waals surface area contributed by atoms with Gasteiger partial charge in [-0.2, -0.15) is 0 Å². The number of hydrogen-bond acceptors (Lipinski definition) is 3. The van der Waals surface area contributed by atoms with Crippen LogP contribution in [-0.4, -0.2) is 26.8 Å². The number of rotatable bonds is 6. The lowest BCUT2D eigenvalue weighted by Crippen LogP contribution is -2.25. The molecule has 0 fully saturated rings. The summed E-state index contributed by atoms with van der Waals surface area (Å²) in [5.74, 6) is 0.0623. The topological polar surface area (TPSA) is 46.2 Å². The standard InChI is InChI=1S/C12H17Cl2NO2S/c1-9(2)15-6-3-7-18(16,17)12-8-10(13)4-5-11(12)14/h4-5,8-9,15H,3,6-7H2,1-2H3. The number of hydrogen-bond donors (Lipinski definition) is 1. The van der Waals surface area contributed by atoms with Crippen LogP contribution in [0, 0.1) is 0 Å². The van der Waals surface area contributed by atoms with Gasteiger partial charge < -0.3 is 5.32 Å². The first-order valence-corrected chi connectivity index (χ1v) is 8.15. The molecular weight excluding hydrogens is 293 g/mol. The molecule has 1 N–H and O–H groups in total. The van der Waals surface area contributed by atoms with Crippen molar-refractivity contribution in [2.75, 3.05) is 12.3 Å². The molecule has 1 aromatic carbocycles. The molecule has 0 aliphatic rings. The zero-order valence-corrected chi connectivity index (χ0v) is 12.7. The second-order valence-corrected chi connectivity index (χ2v) is 7.28. The summed E-state index contributed by atoms with van der Waals surface area (Å²) < 4.78 is 24.2. The van der Waals surface area contributed by atoms with Crippen molar-refractivity contribution in [1.29, 1.82) is 0 Å². The third-order valence-corrected chi connectivity index (χ3v) is 4.88. The maximum Gasteiger partial charge on any atom is 0.179 e. The van der Waals surface area contributed by atoms with Crippen LogP contribution in [0.25, 0.3) is 0 Å². The molecular formula is C12H17Cl2NO2S. The fourth-order valence-corrected chi connectivity index (χ4v) is 3.60. The van der Waals surface area contributed by atoms with Crippen LogP contribution in [0.3, 0.4) is 0 Å². The number of nitrogens with one attached hydrogen (secondary N) is 1. The fraction of sp³-hybridized carbons (Fsp3) is 0.500. The van der Waals surface area contributed by atoms with E-state index in [-0.39, 0.29) is 15.7 Å². The van der Waals surface area contributed by atoms with Gasteiger partial charge in [-0.3, -0.25) is 0 Å². The quantitative estimate of drug-likeness (QED) is 0.821. The van der Waals surface area contributed by atoms with Gasteiger partial charge in [-0.05, 0) is 31.2 Å². The van der Waals surface area contributed by atoms with Crippen LogP contribution in [0.2, 0.25) is 10.0 Å². The molecule has 0 saturated carbocycles. The summed E-state index contributed by atoms with van der Waals surface area (Å²) in [6, 6.07) is 4.82. The fourth-order valence-electron chi connectivity index (χ4n) is 1.48. The molecule has 18 heavy (non-hydrogen) atoms. The number of benzene rings is 1. The molecule has 0 spiro atoms. The van der Waals surface area contributed by atoms with Crippen LogP contribution in [-0.2, 0) is 9.84 Å². The summed E-state index contributed by atoms with van der Waals surface area (Å²) in [6.07, 6.45) is 0.545. The number of sulfone groups is 1. The van der Waals surface area contributed by atoms with Gasteiger partial charge in [-0.25, -0.2) is 8.42 Å². The van der Waals surface area contributed by atoms with Crippen molar-refractivity contribution in [3.05, 3.63) is 28.2 Å². The van der Waals surface area contributed by atoms with Crippen LogP contribution >= 0.6 is 23.2 Å². The van der Waals surface area contributed by atoms with Crippen molar-refractivity contribution in [2.45, 2.75) is 31.2 Å². The Balaban J connectivity index is 2.71. The monoisotopic (exact) mass is 309 g/mol. The van der Waals surface area contributed by atoms with Gasteiger partial charge in [0.2, 0.25) is 0 Å². The van der Waals surface area contributed by atoms with Crippen LogP contribution in [0.5, 0.6) is 0 Å². The molecule has 102 valence electrons. The Labute approximate surface area is 118 Å². The number of halogens is 2. The van der Waals surface area contributed by atoms with Crippen molar-refractivity contribution in [3.63, 3.8) is 0 Å². The summed E-state index contributed by atoms with van der Waals surface area (Å²) in [4.78, 5) is 0.112. The largest absolute Gasteiger partial charge is 0.314 e. The maximum atomic E-state index is 12.1. The van der Waals surface area contributed by atoms with Gasteiger partial charge in [0.25, 0.3) is 0 Å². The molecule has 6 heteroatoms. The summed E-state index contributed by atoms with van der Waals surface area (Å²) >= 11 is 11.7. The van der Waals surface area contributed by atoms with Crippen LogP contribution in [0.1, 0.15) is 20.3 Å². The van der Waals surface area contributed by atoms with Gasteiger partial charge in [0.15, 0.2) is 9.84 Å². The minimum absolute atomic E-state index is 0.0623. The van der Waals surface area contributed by atoms with Gasteiger partial charge in [-0.1, -0.05) is 37.0 Å². The lowest BCUT2D eigenvalue weighted by Gasteiger charge is -2.09. The highest BCUT2D eigenvalue weighted by Crippen LogP contribution is 2.26.